The summed E-state index contributed by atoms with van der Waals surface area (Å²) in [4.78, 5) is 12.0. The van der Waals surface area contributed by atoms with Crippen molar-refractivity contribution < 1.29 is 9.15 Å². The summed E-state index contributed by atoms with van der Waals surface area (Å²) >= 11 is 3.43. The van der Waals surface area contributed by atoms with E-state index in [1.807, 2.05) is 19.9 Å². The predicted octanol–water partition coefficient (Wildman–Crippen LogP) is 3.65. The molecule has 0 saturated carbocycles. The number of benzene rings is 1. The van der Waals surface area contributed by atoms with Crippen LogP contribution in [0.2, 0.25) is 0 Å². The van der Waals surface area contributed by atoms with Crippen molar-refractivity contribution in [3.8, 4) is 5.75 Å². The number of hydrogen-bond acceptors (Lipinski definition) is 3. The van der Waals surface area contributed by atoms with Crippen LogP contribution in [0.3, 0.4) is 0 Å². The summed E-state index contributed by atoms with van der Waals surface area (Å²) in [7, 11) is 0. The van der Waals surface area contributed by atoms with Gasteiger partial charge in [0.2, 0.25) is 0 Å². The van der Waals surface area contributed by atoms with Gasteiger partial charge in [0.1, 0.15) is 17.1 Å². The zero-order chi connectivity index (χ0) is 13.1. The number of hydrogen-bond donors (Lipinski definition) is 0. The minimum absolute atomic E-state index is 0.00153. The molecule has 0 saturated heterocycles. The van der Waals surface area contributed by atoms with E-state index < -0.39 is 0 Å². The zero-order valence-corrected chi connectivity index (χ0v) is 12.0. The number of alkyl halides is 1. The summed E-state index contributed by atoms with van der Waals surface area (Å²) in [6, 6.07) is 5.14. The Morgan fingerprint density at radius 1 is 1.33 bits per heavy atom. The molecule has 18 heavy (non-hydrogen) atoms. The molecule has 1 aromatic carbocycles. The third-order valence-corrected chi connectivity index (χ3v) is 3.35. The van der Waals surface area contributed by atoms with Gasteiger partial charge in [-0.05, 0) is 19.1 Å². The van der Waals surface area contributed by atoms with E-state index in [0.717, 1.165) is 11.3 Å². The van der Waals surface area contributed by atoms with E-state index in [1.165, 1.54) is 0 Å². The van der Waals surface area contributed by atoms with E-state index in [0.29, 0.717) is 35.1 Å². The van der Waals surface area contributed by atoms with Gasteiger partial charge in [-0.3, -0.25) is 4.79 Å². The molecule has 2 aromatic rings. The first-order chi connectivity index (χ1) is 8.71. The Balaban J connectivity index is 2.77. The zero-order valence-electron chi connectivity index (χ0n) is 10.5. The van der Waals surface area contributed by atoms with Gasteiger partial charge in [0.05, 0.1) is 12.0 Å². The van der Waals surface area contributed by atoms with Crippen LogP contribution in [-0.4, -0.2) is 6.61 Å². The highest BCUT2D eigenvalue weighted by atomic mass is 79.9. The lowest BCUT2D eigenvalue weighted by Crippen LogP contribution is -2.04. The lowest BCUT2D eigenvalue weighted by Gasteiger charge is -2.11. The molecule has 1 aromatic heterocycles. The topological polar surface area (TPSA) is 39.4 Å². The Kier molecular flexibility index (Phi) is 4.07. The van der Waals surface area contributed by atoms with Gasteiger partial charge < -0.3 is 9.15 Å². The van der Waals surface area contributed by atoms with E-state index in [-0.39, 0.29) is 5.43 Å². The van der Waals surface area contributed by atoms with Crippen molar-refractivity contribution in [1.29, 1.82) is 0 Å². The maximum Gasteiger partial charge on any atom is 0.192 e. The van der Waals surface area contributed by atoms with Crippen LogP contribution >= 0.6 is 15.9 Å². The standard InChI is InChI=1S/C14H15BrO3/c1-3-9-7-12(16)10-5-6-13(17-4-2)11(8-15)14(10)18-9/h5-7H,3-4,8H2,1-2H3. The molecule has 0 fully saturated rings. The molecule has 0 N–H and O–H groups in total. The first-order valence-corrected chi connectivity index (χ1v) is 7.10. The van der Waals surface area contributed by atoms with Gasteiger partial charge in [-0.2, -0.15) is 0 Å². The lowest BCUT2D eigenvalue weighted by molar-refractivity contribution is 0.337. The fourth-order valence-electron chi connectivity index (χ4n) is 1.90. The molecule has 0 aliphatic carbocycles. The van der Waals surface area contributed by atoms with Gasteiger partial charge in [-0.25, -0.2) is 0 Å². The van der Waals surface area contributed by atoms with Crippen molar-refractivity contribution in [2.75, 3.05) is 6.61 Å². The SMILES string of the molecule is CCOc1ccc2c(=O)cc(CC)oc2c1CBr. The Morgan fingerprint density at radius 3 is 2.72 bits per heavy atom. The molecule has 0 aliphatic rings. The maximum absolute atomic E-state index is 12.0. The first-order valence-electron chi connectivity index (χ1n) is 5.98. The smallest absolute Gasteiger partial charge is 0.192 e. The molecule has 96 valence electrons. The van der Waals surface area contributed by atoms with Crippen LogP contribution in [0.25, 0.3) is 11.0 Å². The van der Waals surface area contributed by atoms with Crippen LogP contribution in [0.5, 0.6) is 5.75 Å². The molecule has 0 amide bonds. The molecule has 2 rings (SSSR count). The second-order valence-electron chi connectivity index (χ2n) is 3.92. The summed E-state index contributed by atoms with van der Waals surface area (Å²) in [5, 5.41) is 1.19. The van der Waals surface area contributed by atoms with E-state index in [1.54, 1.807) is 12.1 Å². The van der Waals surface area contributed by atoms with Gasteiger partial charge in [-0.15, -0.1) is 0 Å². The molecule has 0 bridgehead atoms. The van der Waals surface area contributed by atoms with Crippen molar-refractivity contribution >= 4 is 26.9 Å². The highest BCUT2D eigenvalue weighted by molar-refractivity contribution is 9.08. The fourth-order valence-corrected chi connectivity index (χ4v) is 2.43. The van der Waals surface area contributed by atoms with Crippen LogP contribution in [-0.2, 0) is 11.8 Å². The average molecular weight is 311 g/mol. The number of fused-ring (bicyclic) bond motifs is 1. The monoisotopic (exact) mass is 310 g/mol. The Morgan fingerprint density at radius 2 is 2.11 bits per heavy atom. The number of ether oxygens (including phenoxy) is 1. The van der Waals surface area contributed by atoms with Crippen molar-refractivity contribution in [2.45, 2.75) is 25.6 Å². The number of rotatable bonds is 4. The van der Waals surface area contributed by atoms with Gasteiger partial charge >= 0.3 is 0 Å². The molecule has 1 heterocycles. The van der Waals surface area contributed by atoms with Crippen molar-refractivity contribution in [2.24, 2.45) is 0 Å². The second kappa shape index (κ2) is 5.57. The largest absolute Gasteiger partial charge is 0.493 e. The first kappa shape index (κ1) is 13.1. The van der Waals surface area contributed by atoms with E-state index >= 15 is 0 Å². The van der Waals surface area contributed by atoms with Gasteiger partial charge in [0, 0.05) is 23.4 Å². The molecule has 0 unspecified atom stereocenters. The van der Waals surface area contributed by atoms with Crippen LogP contribution in [0.15, 0.2) is 27.4 Å². The van der Waals surface area contributed by atoms with E-state index in [9.17, 15) is 4.79 Å². The minimum Gasteiger partial charge on any atom is -0.493 e. The maximum atomic E-state index is 12.0. The predicted molar refractivity (Wildman–Crippen MR) is 75.7 cm³/mol. The van der Waals surface area contributed by atoms with Crippen LogP contribution in [0.1, 0.15) is 25.2 Å². The Hall–Kier alpha value is -1.29. The van der Waals surface area contributed by atoms with Gasteiger partial charge in [0.15, 0.2) is 5.43 Å². The quantitative estimate of drug-likeness (QED) is 0.809. The van der Waals surface area contributed by atoms with E-state index in [4.69, 9.17) is 9.15 Å². The van der Waals surface area contributed by atoms with Gasteiger partial charge in [-0.1, -0.05) is 22.9 Å². The summed E-state index contributed by atoms with van der Waals surface area (Å²) in [6.45, 7) is 4.48. The summed E-state index contributed by atoms with van der Waals surface area (Å²) in [6.07, 6.45) is 0.700. The molecular formula is C14H15BrO3. The molecule has 0 atom stereocenters. The third-order valence-electron chi connectivity index (χ3n) is 2.79. The molecule has 0 spiro atoms. The fraction of sp³-hybridized carbons (Fsp3) is 0.357. The highest BCUT2D eigenvalue weighted by Gasteiger charge is 2.13. The van der Waals surface area contributed by atoms with Crippen molar-refractivity contribution in [3.63, 3.8) is 0 Å². The molecule has 0 radical (unpaired) electrons. The lowest BCUT2D eigenvalue weighted by atomic mass is 10.1. The number of halogens is 1. The summed E-state index contributed by atoms with van der Waals surface area (Å²) in [5.41, 5.74) is 1.52. The molecular weight excluding hydrogens is 296 g/mol. The number of aryl methyl sites for hydroxylation is 1. The minimum atomic E-state index is -0.00153. The van der Waals surface area contributed by atoms with Crippen molar-refractivity contribution in [1.82, 2.24) is 0 Å². The average Bonchev–Trinajstić information content (AvgIpc) is 2.38. The third kappa shape index (κ3) is 2.29. The Labute approximate surface area is 114 Å². The van der Waals surface area contributed by atoms with Crippen LogP contribution in [0, 0.1) is 0 Å². The Bertz CT molecular complexity index is 616. The van der Waals surface area contributed by atoms with Gasteiger partial charge in [0.25, 0.3) is 0 Å². The van der Waals surface area contributed by atoms with Crippen LogP contribution in [0.4, 0.5) is 0 Å². The summed E-state index contributed by atoms with van der Waals surface area (Å²) < 4.78 is 11.3. The molecule has 3 nitrogen and oxygen atoms in total. The normalized spacial score (nSPS) is 10.8. The molecule has 4 heteroatoms. The van der Waals surface area contributed by atoms with E-state index in [2.05, 4.69) is 15.9 Å². The second-order valence-corrected chi connectivity index (χ2v) is 4.48. The van der Waals surface area contributed by atoms with Crippen LogP contribution < -0.4 is 10.2 Å². The van der Waals surface area contributed by atoms with Crippen molar-refractivity contribution in [3.05, 3.63) is 39.7 Å². The summed E-state index contributed by atoms with van der Waals surface area (Å²) in [5.74, 6) is 1.46. The highest BCUT2D eigenvalue weighted by Crippen LogP contribution is 2.29. The molecule has 0 aliphatic heterocycles.